The van der Waals surface area contributed by atoms with Gasteiger partial charge in [-0.2, -0.15) is 0 Å². The number of ketones is 1. The largest absolute Gasteiger partial charge is 0.457 e. The minimum atomic E-state index is -0.503. The quantitative estimate of drug-likeness (QED) is 0.496. The van der Waals surface area contributed by atoms with Gasteiger partial charge in [0.15, 0.2) is 5.78 Å². The van der Waals surface area contributed by atoms with Crippen LogP contribution in [0.3, 0.4) is 0 Å². The first-order valence-electron chi connectivity index (χ1n) is 4.29. The van der Waals surface area contributed by atoms with Crippen LogP contribution in [0.4, 0.5) is 0 Å². The van der Waals surface area contributed by atoms with E-state index >= 15 is 0 Å². The first kappa shape index (κ1) is 11.9. The molecular weight excluding hydrogens is 168 g/mol. The third kappa shape index (κ3) is 7.25. The van der Waals surface area contributed by atoms with E-state index in [-0.39, 0.29) is 5.78 Å². The molecule has 0 aromatic heterocycles. The van der Waals surface area contributed by atoms with Gasteiger partial charge < -0.3 is 4.74 Å². The number of esters is 1. The highest BCUT2D eigenvalue weighted by molar-refractivity contribution is 5.95. The zero-order valence-electron chi connectivity index (χ0n) is 8.59. The SMILES string of the molecule is CCC(=O)C=CC(=O)OC(C)(C)C. The van der Waals surface area contributed by atoms with Gasteiger partial charge in [0.2, 0.25) is 0 Å². The second-order valence-electron chi connectivity index (χ2n) is 3.69. The van der Waals surface area contributed by atoms with Crippen LogP contribution in [0.5, 0.6) is 0 Å². The van der Waals surface area contributed by atoms with Crippen LogP contribution >= 0.6 is 0 Å². The first-order valence-corrected chi connectivity index (χ1v) is 4.29. The van der Waals surface area contributed by atoms with Crippen molar-refractivity contribution in [2.24, 2.45) is 0 Å². The molecule has 0 fully saturated rings. The van der Waals surface area contributed by atoms with Gasteiger partial charge in [0.1, 0.15) is 5.60 Å². The van der Waals surface area contributed by atoms with Gasteiger partial charge in [-0.15, -0.1) is 0 Å². The molecule has 3 heteroatoms. The maximum absolute atomic E-state index is 11.0. The fourth-order valence-electron chi connectivity index (χ4n) is 0.615. The molecule has 0 radical (unpaired) electrons. The van der Waals surface area contributed by atoms with Crippen molar-refractivity contribution in [1.29, 1.82) is 0 Å². The fraction of sp³-hybridized carbons (Fsp3) is 0.600. The zero-order valence-corrected chi connectivity index (χ0v) is 8.59. The van der Waals surface area contributed by atoms with Crippen LogP contribution in [-0.2, 0) is 14.3 Å². The van der Waals surface area contributed by atoms with Crippen molar-refractivity contribution in [2.75, 3.05) is 0 Å². The Kier molecular flexibility index (Phi) is 4.38. The number of carbonyl (C=O) groups excluding carboxylic acids is 2. The molecule has 0 heterocycles. The van der Waals surface area contributed by atoms with Crippen molar-refractivity contribution >= 4 is 11.8 Å². The van der Waals surface area contributed by atoms with Crippen LogP contribution in [0.1, 0.15) is 34.1 Å². The minimum Gasteiger partial charge on any atom is -0.457 e. The van der Waals surface area contributed by atoms with E-state index in [4.69, 9.17) is 4.74 Å². The summed E-state index contributed by atoms with van der Waals surface area (Å²) in [4.78, 5) is 21.8. The highest BCUT2D eigenvalue weighted by Gasteiger charge is 2.13. The van der Waals surface area contributed by atoms with Gasteiger partial charge in [0.05, 0.1) is 0 Å². The van der Waals surface area contributed by atoms with E-state index in [1.807, 2.05) is 0 Å². The molecule has 0 bridgehead atoms. The van der Waals surface area contributed by atoms with E-state index in [1.165, 1.54) is 6.08 Å². The molecule has 0 aromatic carbocycles. The Labute approximate surface area is 78.8 Å². The number of hydrogen-bond donors (Lipinski definition) is 0. The lowest BCUT2D eigenvalue weighted by Crippen LogP contribution is -2.22. The van der Waals surface area contributed by atoms with Crippen molar-refractivity contribution in [3.8, 4) is 0 Å². The number of rotatable bonds is 3. The van der Waals surface area contributed by atoms with Crippen molar-refractivity contribution in [2.45, 2.75) is 39.7 Å². The van der Waals surface area contributed by atoms with Gasteiger partial charge in [0, 0.05) is 12.5 Å². The normalized spacial score (nSPS) is 11.7. The molecule has 0 amide bonds. The molecule has 0 unspecified atom stereocenters. The standard InChI is InChI=1S/C10H16O3/c1-5-8(11)6-7-9(12)13-10(2,3)4/h6-7H,5H2,1-4H3. The minimum absolute atomic E-state index is 0.0779. The second-order valence-corrected chi connectivity index (χ2v) is 3.69. The van der Waals surface area contributed by atoms with Crippen LogP contribution in [0.25, 0.3) is 0 Å². The number of ether oxygens (including phenoxy) is 1. The number of carbonyl (C=O) groups is 2. The predicted molar refractivity (Wildman–Crippen MR) is 50.3 cm³/mol. The second kappa shape index (κ2) is 4.80. The highest BCUT2D eigenvalue weighted by atomic mass is 16.6. The average molecular weight is 184 g/mol. The summed E-state index contributed by atoms with van der Waals surface area (Å²) in [7, 11) is 0. The summed E-state index contributed by atoms with van der Waals surface area (Å²) < 4.78 is 4.95. The summed E-state index contributed by atoms with van der Waals surface area (Å²) in [5.74, 6) is -0.555. The lowest BCUT2D eigenvalue weighted by Gasteiger charge is -2.17. The van der Waals surface area contributed by atoms with Gasteiger partial charge in [-0.05, 0) is 26.8 Å². The lowest BCUT2D eigenvalue weighted by atomic mass is 10.2. The zero-order chi connectivity index (χ0) is 10.5. The van der Waals surface area contributed by atoms with Gasteiger partial charge in [0.25, 0.3) is 0 Å². The van der Waals surface area contributed by atoms with Gasteiger partial charge >= 0.3 is 5.97 Å². The molecular formula is C10H16O3. The van der Waals surface area contributed by atoms with Crippen molar-refractivity contribution in [1.82, 2.24) is 0 Å². The van der Waals surface area contributed by atoms with Crippen LogP contribution in [-0.4, -0.2) is 17.4 Å². The number of hydrogen-bond acceptors (Lipinski definition) is 3. The molecule has 0 saturated heterocycles. The molecule has 0 atom stereocenters. The Balaban J connectivity index is 4.02. The van der Waals surface area contributed by atoms with Gasteiger partial charge in [-0.1, -0.05) is 6.92 Å². The summed E-state index contributed by atoms with van der Waals surface area (Å²) in [6, 6.07) is 0. The lowest BCUT2D eigenvalue weighted by molar-refractivity contribution is -0.148. The third-order valence-electron chi connectivity index (χ3n) is 1.16. The van der Waals surface area contributed by atoms with Gasteiger partial charge in [-0.25, -0.2) is 4.79 Å². The van der Waals surface area contributed by atoms with Gasteiger partial charge in [-0.3, -0.25) is 4.79 Å². The molecule has 0 aromatic rings. The first-order chi connectivity index (χ1) is 5.85. The topological polar surface area (TPSA) is 43.4 Å². The molecule has 13 heavy (non-hydrogen) atoms. The molecule has 0 aliphatic rings. The molecule has 0 saturated carbocycles. The highest BCUT2D eigenvalue weighted by Crippen LogP contribution is 2.06. The van der Waals surface area contributed by atoms with E-state index in [9.17, 15) is 9.59 Å². The summed E-state index contributed by atoms with van der Waals surface area (Å²) in [6.07, 6.45) is 2.81. The van der Waals surface area contributed by atoms with Crippen LogP contribution in [0, 0.1) is 0 Å². The summed E-state index contributed by atoms with van der Waals surface area (Å²) in [5, 5.41) is 0. The maximum atomic E-state index is 11.0. The molecule has 74 valence electrons. The van der Waals surface area contributed by atoms with E-state index in [0.717, 1.165) is 6.08 Å². The Morgan fingerprint density at radius 3 is 2.15 bits per heavy atom. The Bertz CT molecular complexity index is 221. The van der Waals surface area contributed by atoms with Crippen molar-refractivity contribution in [3.05, 3.63) is 12.2 Å². The fourth-order valence-corrected chi connectivity index (χ4v) is 0.615. The Morgan fingerprint density at radius 1 is 1.23 bits per heavy atom. The van der Waals surface area contributed by atoms with Crippen LogP contribution in [0.2, 0.25) is 0 Å². The molecule has 0 aliphatic carbocycles. The van der Waals surface area contributed by atoms with Crippen LogP contribution in [0.15, 0.2) is 12.2 Å². The summed E-state index contributed by atoms with van der Waals surface area (Å²) in [5.41, 5.74) is -0.503. The predicted octanol–water partition coefficient (Wildman–Crippen LogP) is 1.86. The maximum Gasteiger partial charge on any atom is 0.331 e. The molecule has 3 nitrogen and oxygen atoms in total. The number of allylic oxidation sites excluding steroid dienone is 1. The molecule has 0 aliphatic heterocycles. The van der Waals surface area contributed by atoms with Crippen LogP contribution < -0.4 is 0 Å². The third-order valence-corrected chi connectivity index (χ3v) is 1.16. The van der Waals surface area contributed by atoms with E-state index in [2.05, 4.69) is 0 Å². The molecule has 0 spiro atoms. The smallest absolute Gasteiger partial charge is 0.331 e. The Morgan fingerprint density at radius 2 is 1.77 bits per heavy atom. The van der Waals surface area contributed by atoms with E-state index in [0.29, 0.717) is 6.42 Å². The molecule has 0 N–H and O–H groups in total. The van der Waals surface area contributed by atoms with Crippen molar-refractivity contribution in [3.63, 3.8) is 0 Å². The monoisotopic (exact) mass is 184 g/mol. The average Bonchev–Trinajstić information content (AvgIpc) is 1.97. The summed E-state index contributed by atoms with van der Waals surface area (Å²) >= 11 is 0. The molecule has 0 rings (SSSR count). The van der Waals surface area contributed by atoms with E-state index in [1.54, 1.807) is 27.7 Å². The Hall–Kier alpha value is -1.12. The van der Waals surface area contributed by atoms with Crippen molar-refractivity contribution < 1.29 is 14.3 Å². The van der Waals surface area contributed by atoms with E-state index < -0.39 is 11.6 Å². The summed E-state index contributed by atoms with van der Waals surface area (Å²) in [6.45, 7) is 7.07.